The summed E-state index contributed by atoms with van der Waals surface area (Å²) in [5.74, 6) is 0. The SMILES string of the molecule is Cc1ccc(Br)c(C(O)c2c(C)ccc3ccccc23)c1. The van der Waals surface area contributed by atoms with Gasteiger partial charge in [-0.25, -0.2) is 0 Å². The molecule has 21 heavy (non-hydrogen) atoms. The lowest BCUT2D eigenvalue weighted by Crippen LogP contribution is -2.04. The average Bonchev–Trinajstić information content (AvgIpc) is 2.49. The second-order valence-electron chi connectivity index (χ2n) is 5.44. The lowest BCUT2D eigenvalue weighted by Gasteiger charge is -2.19. The van der Waals surface area contributed by atoms with Gasteiger partial charge in [-0.05, 0) is 47.4 Å². The van der Waals surface area contributed by atoms with Crippen molar-refractivity contribution in [2.45, 2.75) is 20.0 Å². The van der Waals surface area contributed by atoms with Crippen LogP contribution >= 0.6 is 15.9 Å². The van der Waals surface area contributed by atoms with E-state index in [9.17, 15) is 5.11 Å². The van der Waals surface area contributed by atoms with E-state index in [0.717, 1.165) is 37.5 Å². The first-order valence-corrected chi connectivity index (χ1v) is 7.79. The van der Waals surface area contributed by atoms with E-state index < -0.39 is 6.10 Å². The fourth-order valence-corrected chi connectivity index (χ4v) is 3.26. The van der Waals surface area contributed by atoms with Crippen molar-refractivity contribution in [3.05, 3.63) is 81.3 Å². The molecule has 0 fully saturated rings. The Kier molecular flexibility index (Phi) is 3.83. The zero-order valence-corrected chi connectivity index (χ0v) is 13.7. The summed E-state index contributed by atoms with van der Waals surface area (Å²) in [7, 11) is 0. The molecule has 1 nitrogen and oxygen atoms in total. The Hall–Kier alpha value is -1.64. The van der Waals surface area contributed by atoms with Crippen LogP contribution in [0.25, 0.3) is 10.8 Å². The van der Waals surface area contributed by atoms with Gasteiger partial charge >= 0.3 is 0 Å². The number of benzene rings is 3. The molecule has 106 valence electrons. The number of hydrogen-bond donors (Lipinski definition) is 1. The molecule has 1 N–H and O–H groups in total. The van der Waals surface area contributed by atoms with E-state index in [0.29, 0.717) is 0 Å². The number of halogens is 1. The second-order valence-corrected chi connectivity index (χ2v) is 6.30. The molecule has 0 amide bonds. The van der Waals surface area contributed by atoms with Gasteiger partial charge in [0.15, 0.2) is 0 Å². The Balaban J connectivity index is 2.24. The van der Waals surface area contributed by atoms with Crippen molar-refractivity contribution in [1.29, 1.82) is 0 Å². The molecule has 1 unspecified atom stereocenters. The van der Waals surface area contributed by atoms with Crippen molar-refractivity contribution in [3.8, 4) is 0 Å². The number of hydrogen-bond acceptors (Lipinski definition) is 1. The van der Waals surface area contributed by atoms with Crippen LogP contribution in [0.4, 0.5) is 0 Å². The minimum absolute atomic E-state index is 0.634. The molecule has 0 spiro atoms. The van der Waals surface area contributed by atoms with Crippen LogP contribution in [-0.2, 0) is 0 Å². The van der Waals surface area contributed by atoms with Crippen molar-refractivity contribution in [2.24, 2.45) is 0 Å². The number of aliphatic hydroxyl groups is 1. The van der Waals surface area contributed by atoms with E-state index in [1.807, 2.05) is 37.3 Å². The number of rotatable bonds is 2. The maximum absolute atomic E-state index is 10.9. The number of fused-ring (bicyclic) bond motifs is 1. The molecule has 0 aliphatic rings. The van der Waals surface area contributed by atoms with E-state index in [4.69, 9.17) is 0 Å². The Morgan fingerprint density at radius 3 is 2.52 bits per heavy atom. The molecule has 0 aliphatic heterocycles. The van der Waals surface area contributed by atoms with Crippen LogP contribution in [0, 0.1) is 13.8 Å². The Morgan fingerprint density at radius 2 is 1.71 bits per heavy atom. The molecule has 0 aliphatic carbocycles. The molecule has 3 rings (SSSR count). The van der Waals surface area contributed by atoms with Gasteiger partial charge in [-0.2, -0.15) is 0 Å². The molecule has 0 radical (unpaired) electrons. The van der Waals surface area contributed by atoms with E-state index in [2.05, 4.69) is 47.1 Å². The Labute approximate surface area is 133 Å². The van der Waals surface area contributed by atoms with Crippen molar-refractivity contribution in [1.82, 2.24) is 0 Å². The normalized spacial score (nSPS) is 12.6. The maximum Gasteiger partial charge on any atom is 0.106 e. The molecule has 0 bridgehead atoms. The van der Waals surface area contributed by atoms with Gasteiger partial charge < -0.3 is 5.11 Å². The van der Waals surface area contributed by atoms with Crippen LogP contribution in [0.5, 0.6) is 0 Å². The quantitative estimate of drug-likeness (QED) is 0.670. The summed E-state index contributed by atoms with van der Waals surface area (Å²) in [6, 6.07) is 18.4. The molecule has 3 aromatic rings. The highest BCUT2D eigenvalue weighted by Crippen LogP contribution is 2.35. The van der Waals surface area contributed by atoms with E-state index in [-0.39, 0.29) is 0 Å². The zero-order valence-electron chi connectivity index (χ0n) is 12.1. The molecular weight excluding hydrogens is 324 g/mol. The minimum atomic E-state index is -0.634. The second kappa shape index (κ2) is 5.63. The minimum Gasteiger partial charge on any atom is -0.384 e. The predicted octanol–water partition coefficient (Wildman–Crippen LogP) is 5.30. The van der Waals surface area contributed by atoms with Crippen LogP contribution in [0.1, 0.15) is 28.4 Å². The molecule has 0 saturated carbocycles. The first kappa shape index (κ1) is 14.3. The molecule has 0 heterocycles. The first-order valence-electron chi connectivity index (χ1n) is 7.00. The molecule has 0 aromatic heterocycles. The Bertz CT molecular complexity index is 808. The lowest BCUT2D eigenvalue weighted by molar-refractivity contribution is 0.220. The number of aryl methyl sites for hydroxylation is 2. The number of aliphatic hydroxyl groups excluding tert-OH is 1. The van der Waals surface area contributed by atoms with Gasteiger partial charge in [0.05, 0.1) is 0 Å². The third-order valence-electron chi connectivity index (χ3n) is 3.91. The van der Waals surface area contributed by atoms with Crippen molar-refractivity contribution in [2.75, 3.05) is 0 Å². The molecule has 0 saturated heterocycles. The Morgan fingerprint density at radius 1 is 0.952 bits per heavy atom. The fourth-order valence-electron chi connectivity index (χ4n) is 2.80. The largest absolute Gasteiger partial charge is 0.384 e. The summed E-state index contributed by atoms with van der Waals surface area (Å²) in [6.07, 6.45) is -0.634. The topological polar surface area (TPSA) is 20.2 Å². The summed E-state index contributed by atoms with van der Waals surface area (Å²) < 4.78 is 0.938. The van der Waals surface area contributed by atoms with E-state index in [1.165, 1.54) is 0 Å². The monoisotopic (exact) mass is 340 g/mol. The summed E-state index contributed by atoms with van der Waals surface area (Å²) in [5, 5.41) is 13.2. The highest BCUT2D eigenvalue weighted by molar-refractivity contribution is 9.10. The molecular formula is C19H17BrO. The third-order valence-corrected chi connectivity index (χ3v) is 4.63. The summed E-state index contributed by atoms with van der Waals surface area (Å²) in [5.41, 5.74) is 4.15. The van der Waals surface area contributed by atoms with Gasteiger partial charge in [-0.1, -0.05) is 70.0 Å². The van der Waals surface area contributed by atoms with Gasteiger partial charge in [0.1, 0.15) is 6.10 Å². The van der Waals surface area contributed by atoms with E-state index in [1.54, 1.807) is 0 Å². The van der Waals surface area contributed by atoms with Crippen molar-refractivity contribution in [3.63, 3.8) is 0 Å². The highest BCUT2D eigenvalue weighted by Gasteiger charge is 2.18. The van der Waals surface area contributed by atoms with Crippen LogP contribution < -0.4 is 0 Å². The van der Waals surface area contributed by atoms with Gasteiger partial charge in [-0.3, -0.25) is 0 Å². The van der Waals surface area contributed by atoms with Crippen molar-refractivity contribution < 1.29 is 5.11 Å². The fraction of sp³-hybridized carbons (Fsp3) is 0.158. The van der Waals surface area contributed by atoms with Crippen LogP contribution in [0.15, 0.2) is 59.1 Å². The van der Waals surface area contributed by atoms with Crippen LogP contribution in [0.2, 0.25) is 0 Å². The van der Waals surface area contributed by atoms with Gasteiger partial charge in [0, 0.05) is 4.47 Å². The van der Waals surface area contributed by atoms with Crippen LogP contribution in [-0.4, -0.2) is 5.11 Å². The first-order chi connectivity index (χ1) is 10.1. The smallest absolute Gasteiger partial charge is 0.106 e. The van der Waals surface area contributed by atoms with Gasteiger partial charge in [-0.15, -0.1) is 0 Å². The van der Waals surface area contributed by atoms with Gasteiger partial charge in [0.2, 0.25) is 0 Å². The third kappa shape index (κ3) is 2.61. The zero-order chi connectivity index (χ0) is 15.0. The van der Waals surface area contributed by atoms with Gasteiger partial charge in [0.25, 0.3) is 0 Å². The summed E-state index contributed by atoms with van der Waals surface area (Å²) >= 11 is 3.56. The van der Waals surface area contributed by atoms with E-state index >= 15 is 0 Å². The van der Waals surface area contributed by atoms with Crippen molar-refractivity contribution >= 4 is 26.7 Å². The predicted molar refractivity (Wildman–Crippen MR) is 91.6 cm³/mol. The summed E-state index contributed by atoms with van der Waals surface area (Å²) in [4.78, 5) is 0. The maximum atomic E-state index is 10.9. The molecule has 3 aromatic carbocycles. The van der Waals surface area contributed by atoms with Crippen LogP contribution in [0.3, 0.4) is 0 Å². The molecule has 2 heteroatoms. The standard InChI is InChI=1S/C19H17BrO/c1-12-7-10-17(20)16(11-12)19(21)18-13(2)8-9-14-5-3-4-6-15(14)18/h3-11,19,21H,1-2H3. The highest BCUT2D eigenvalue weighted by atomic mass is 79.9. The molecule has 1 atom stereocenters. The average molecular weight is 341 g/mol. The lowest BCUT2D eigenvalue weighted by atomic mass is 9.91. The summed E-state index contributed by atoms with van der Waals surface area (Å²) in [6.45, 7) is 4.09.